The van der Waals surface area contributed by atoms with Gasteiger partial charge in [-0.1, -0.05) is 0 Å². The molecule has 26 heavy (non-hydrogen) atoms. The molecule has 0 saturated heterocycles. The average molecular weight is 372 g/mol. The van der Waals surface area contributed by atoms with E-state index in [9.17, 15) is 9.59 Å². The number of hydrogen-bond acceptors (Lipinski definition) is 6. The van der Waals surface area contributed by atoms with Crippen molar-refractivity contribution in [2.75, 3.05) is 19.5 Å². The first-order chi connectivity index (χ1) is 12.5. The number of aromatic amines is 1. The Kier molecular flexibility index (Phi) is 4.90. The summed E-state index contributed by atoms with van der Waals surface area (Å²) in [5, 5.41) is 4.93. The first kappa shape index (κ1) is 17.5. The number of anilines is 1. The van der Waals surface area contributed by atoms with Crippen molar-refractivity contribution in [3.8, 4) is 22.8 Å². The van der Waals surface area contributed by atoms with E-state index < -0.39 is 5.91 Å². The minimum absolute atomic E-state index is 0.293. The van der Waals surface area contributed by atoms with E-state index in [2.05, 4.69) is 15.3 Å². The fourth-order valence-corrected chi connectivity index (χ4v) is 3.01. The zero-order valence-electron chi connectivity index (χ0n) is 14.0. The van der Waals surface area contributed by atoms with E-state index in [1.807, 2.05) is 0 Å². The fraction of sp³-hybridized carbons (Fsp3) is 0.118. The van der Waals surface area contributed by atoms with Gasteiger partial charge in [0.15, 0.2) is 5.13 Å². The van der Waals surface area contributed by atoms with Crippen molar-refractivity contribution >= 4 is 28.3 Å². The summed E-state index contributed by atoms with van der Waals surface area (Å²) in [6.45, 7) is 0. The van der Waals surface area contributed by atoms with Crippen LogP contribution in [0, 0.1) is 0 Å². The maximum absolute atomic E-state index is 12.5. The topological polar surface area (TPSA) is 119 Å². The number of ether oxygens (including phenoxy) is 2. The van der Waals surface area contributed by atoms with Crippen molar-refractivity contribution in [2.45, 2.75) is 0 Å². The molecule has 0 spiro atoms. The van der Waals surface area contributed by atoms with Gasteiger partial charge >= 0.3 is 0 Å². The molecule has 0 radical (unpaired) electrons. The lowest BCUT2D eigenvalue weighted by molar-refractivity contribution is 0.0993. The van der Waals surface area contributed by atoms with Crippen LogP contribution in [0.15, 0.2) is 35.8 Å². The molecule has 0 aliphatic carbocycles. The Labute approximate surface area is 153 Å². The third-order valence-electron chi connectivity index (χ3n) is 3.62. The van der Waals surface area contributed by atoms with Gasteiger partial charge in [-0.3, -0.25) is 14.9 Å². The van der Waals surface area contributed by atoms with Crippen LogP contribution >= 0.6 is 11.3 Å². The van der Waals surface area contributed by atoms with Crippen molar-refractivity contribution < 1.29 is 19.1 Å². The van der Waals surface area contributed by atoms with Gasteiger partial charge in [-0.15, -0.1) is 11.3 Å². The van der Waals surface area contributed by atoms with Gasteiger partial charge in [0.05, 0.1) is 25.5 Å². The van der Waals surface area contributed by atoms with Crippen LogP contribution in [0.5, 0.6) is 11.5 Å². The number of amides is 2. The van der Waals surface area contributed by atoms with Crippen LogP contribution in [-0.4, -0.2) is 36.0 Å². The maximum atomic E-state index is 12.5. The summed E-state index contributed by atoms with van der Waals surface area (Å²) >= 11 is 1.27. The normalized spacial score (nSPS) is 10.4. The number of carbonyl (C=O) groups excluding carboxylic acids is 2. The van der Waals surface area contributed by atoms with Crippen LogP contribution in [0.4, 0.5) is 5.13 Å². The van der Waals surface area contributed by atoms with Gasteiger partial charge in [0, 0.05) is 23.2 Å². The van der Waals surface area contributed by atoms with Crippen molar-refractivity contribution in [3.63, 3.8) is 0 Å². The second-order valence-corrected chi connectivity index (χ2v) is 6.08. The Morgan fingerprint density at radius 3 is 2.69 bits per heavy atom. The second-order valence-electron chi connectivity index (χ2n) is 5.22. The molecule has 0 saturated carbocycles. The minimum atomic E-state index is -0.549. The highest BCUT2D eigenvalue weighted by molar-refractivity contribution is 7.14. The van der Waals surface area contributed by atoms with E-state index >= 15 is 0 Å². The Bertz CT molecular complexity index is 963. The Balaban J connectivity index is 1.78. The van der Waals surface area contributed by atoms with Crippen LogP contribution in [0.2, 0.25) is 0 Å². The number of primary amides is 1. The van der Waals surface area contributed by atoms with E-state index in [1.54, 1.807) is 35.8 Å². The summed E-state index contributed by atoms with van der Waals surface area (Å²) in [5.74, 6) is 0.0897. The van der Waals surface area contributed by atoms with E-state index in [0.717, 1.165) is 0 Å². The summed E-state index contributed by atoms with van der Waals surface area (Å²) in [5.41, 5.74) is 7.21. The number of nitrogens with two attached hydrogens (primary N) is 1. The number of aromatic nitrogens is 2. The average Bonchev–Trinajstić information content (AvgIpc) is 3.30. The molecule has 9 heteroatoms. The van der Waals surface area contributed by atoms with Gasteiger partial charge in [0.1, 0.15) is 17.2 Å². The highest BCUT2D eigenvalue weighted by Gasteiger charge is 2.16. The molecule has 2 amide bonds. The number of carbonyl (C=O) groups is 2. The SMILES string of the molecule is COc1ccc(C(=O)Nc2nc(-c3c[nH]c(C(N)=O)c3)cs2)c(OC)c1. The Hall–Kier alpha value is -3.33. The van der Waals surface area contributed by atoms with Crippen molar-refractivity contribution in [2.24, 2.45) is 5.73 Å². The number of rotatable bonds is 6. The molecule has 0 bridgehead atoms. The van der Waals surface area contributed by atoms with Crippen molar-refractivity contribution in [3.05, 3.63) is 47.1 Å². The molecule has 0 atom stereocenters. The first-order valence-corrected chi connectivity index (χ1v) is 8.37. The molecule has 2 aromatic heterocycles. The lowest BCUT2D eigenvalue weighted by atomic mass is 10.2. The van der Waals surface area contributed by atoms with Crippen LogP contribution < -0.4 is 20.5 Å². The summed E-state index contributed by atoms with van der Waals surface area (Å²) < 4.78 is 10.4. The molecule has 0 unspecified atom stereocenters. The fourth-order valence-electron chi connectivity index (χ4n) is 2.30. The van der Waals surface area contributed by atoms with E-state index in [-0.39, 0.29) is 5.91 Å². The smallest absolute Gasteiger partial charge is 0.265 e. The summed E-state index contributed by atoms with van der Waals surface area (Å²) in [7, 11) is 3.02. The number of hydrogen-bond donors (Lipinski definition) is 3. The van der Waals surface area contributed by atoms with E-state index in [0.29, 0.717) is 39.1 Å². The molecule has 134 valence electrons. The third-order valence-corrected chi connectivity index (χ3v) is 4.38. The van der Waals surface area contributed by atoms with Gasteiger partial charge in [0.25, 0.3) is 11.8 Å². The van der Waals surface area contributed by atoms with Gasteiger partial charge in [-0.05, 0) is 18.2 Å². The van der Waals surface area contributed by atoms with Gasteiger partial charge in [-0.25, -0.2) is 4.98 Å². The number of nitrogens with one attached hydrogen (secondary N) is 2. The molecule has 0 fully saturated rings. The number of methoxy groups -OCH3 is 2. The van der Waals surface area contributed by atoms with Gasteiger partial charge in [-0.2, -0.15) is 0 Å². The number of H-pyrrole nitrogens is 1. The Morgan fingerprint density at radius 1 is 1.23 bits per heavy atom. The standard InChI is InChI=1S/C17H16N4O4S/c1-24-10-3-4-11(14(6-10)25-2)16(23)21-17-20-13(8-26-17)9-5-12(15(18)22)19-7-9/h3-8,19H,1-2H3,(H2,18,22)(H,20,21,23). The number of benzene rings is 1. The zero-order chi connectivity index (χ0) is 18.7. The molecule has 0 aliphatic rings. The van der Waals surface area contributed by atoms with Crippen LogP contribution in [-0.2, 0) is 0 Å². The van der Waals surface area contributed by atoms with Gasteiger partial charge in [0.2, 0.25) is 0 Å². The zero-order valence-corrected chi connectivity index (χ0v) is 14.8. The molecule has 3 aromatic rings. The second kappa shape index (κ2) is 7.28. The largest absolute Gasteiger partial charge is 0.497 e. The highest BCUT2D eigenvalue weighted by Crippen LogP contribution is 2.28. The van der Waals surface area contributed by atoms with Gasteiger partial charge < -0.3 is 20.2 Å². The molecule has 8 nitrogen and oxygen atoms in total. The maximum Gasteiger partial charge on any atom is 0.265 e. The van der Waals surface area contributed by atoms with Crippen molar-refractivity contribution in [1.82, 2.24) is 9.97 Å². The third kappa shape index (κ3) is 3.52. The van der Waals surface area contributed by atoms with Crippen molar-refractivity contribution in [1.29, 1.82) is 0 Å². The lowest BCUT2D eigenvalue weighted by Gasteiger charge is -2.09. The number of thiazole rings is 1. The van der Waals surface area contributed by atoms with Crippen LogP contribution in [0.3, 0.4) is 0 Å². The molecule has 3 rings (SSSR count). The monoisotopic (exact) mass is 372 g/mol. The molecule has 2 heterocycles. The predicted octanol–water partition coefficient (Wildman–Crippen LogP) is 2.51. The van der Waals surface area contributed by atoms with Crippen LogP contribution in [0.25, 0.3) is 11.3 Å². The first-order valence-electron chi connectivity index (χ1n) is 7.49. The number of nitrogens with zero attached hydrogens (tertiary/aromatic N) is 1. The Morgan fingerprint density at radius 2 is 2.04 bits per heavy atom. The predicted molar refractivity (Wildman–Crippen MR) is 97.9 cm³/mol. The lowest BCUT2D eigenvalue weighted by Crippen LogP contribution is -2.13. The van der Waals surface area contributed by atoms with Crippen LogP contribution in [0.1, 0.15) is 20.8 Å². The molecular formula is C17H16N4O4S. The molecule has 4 N–H and O–H groups in total. The quantitative estimate of drug-likeness (QED) is 0.614. The minimum Gasteiger partial charge on any atom is -0.497 e. The molecule has 0 aliphatic heterocycles. The summed E-state index contributed by atoms with van der Waals surface area (Å²) in [6, 6.07) is 6.53. The molecule has 1 aromatic carbocycles. The summed E-state index contributed by atoms with van der Waals surface area (Å²) in [4.78, 5) is 30.8. The van der Waals surface area contributed by atoms with E-state index in [4.69, 9.17) is 15.2 Å². The molecular weight excluding hydrogens is 356 g/mol. The highest BCUT2D eigenvalue weighted by atomic mass is 32.1. The summed E-state index contributed by atoms with van der Waals surface area (Å²) in [6.07, 6.45) is 1.63. The van der Waals surface area contributed by atoms with E-state index in [1.165, 1.54) is 25.6 Å².